The van der Waals surface area contributed by atoms with Crippen LogP contribution in [0.15, 0.2) is 66.9 Å². The van der Waals surface area contributed by atoms with Gasteiger partial charge in [0.2, 0.25) is 0 Å². The van der Waals surface area contributed by atoms with E-state index in [-0.39, 0.29) is 24.8 Å². The van der Waals surface area contributed by atoms with Crippen LogP contribution in [-0.4, -0.2) is 82.4 Å². The van der Waals surface area contributed by atoms with Gasteiger partial charge >= 0.3 is 0 Å². The molecule has 0 bridgehead atoms. The van der Waals surface area contributed by atoms with Crippen LogP contribution in [0.1, 0.15) is 65.1 Å². The third kappa shape index (κ3) is 14.4. The van der Waals surface area contributed by atoms with Gasteiger partial charge in [-0.15, -0.1) is 24.8 Å². The normalized spacial score (nSPS) is 12.4. The summed E-state index contributed by atoms with van der Waals surface area (Å²) in [5.74, 6) is 4.88. The summed E-state index contributed by atoms with van der Waals surface area (Å²) >= 11 is 0. The first kappa shape index (κ1) is 44.5. The highest BCUT2D eigenvalue weighted by molar-refractivity contribution is 5.88. The number of aromatic nitrogens is 1. The Morgan fingerprint density at radius 2 is 1.17 bits per heavy atom. The first-order chi connectivity index (χ1) is 24.6. The Morgan fingerprint density at radius 3 is 1.77 bits per heavy atom. The predicted octanol–water partition coefficient (Wildman–Crippen LogP) is 9.23. The van der Waals surface area contributed by atoms with Crippen LogP contribution in [0.5, 0.6) is 34.5 Å². The molecule has 52 heavy (non-hydrogen) atoms. The van der Waals surface area contributed by atoms with Crippen LogP contribution in [0.25, 0.3) is 10.8 Å². The van der Waals surface area contributed by atoms with Crippen molar-refractivity contribution in [1.82, 2.24) is 9.88 Å². The topological polar surface area (TPSA) is 80.7 Å². The summed E-state index contributed by atoms with van der Waals surface area (Å²) in [6.07, 6.45) is 5.83. The SMILES string of the molecule is CCCCOc1ccc(OCCCN2CCOCC2)cc1.CCOc1ccc(Cc2nccc3cc(OCC)c(OCC)cc23)cc1OCC.Cl.Cl. The fourth-order valence-electron chi connectivity index (χ4n) is 5.59. The Bertz CT molecular complexity index is 1550. The number of hydrogen-bond acceptors (Lipinski definition) is 9. The van der Waals surface area contributed by atoms with Crippen molar-refractivity contribution in [2.24, 2.45) is 0 Å². The quantitative estimate of drug-likeness (QED) is 0.0870. The van der Waals surface area contributed by atoms with E-state index in [4.69, 9.17) is 33.2 Å². The van der Waals surface area contributed by atoms with Crippen LogP contribution >= 0.6 is 24.8 Å². The molecule has 3 aromatic carbocycles. The molecule has 1 aliphatic heterocycles. The Labute approximate surface area is 323 Å². The van der Waals surface area contributed by atoms with E-state index in [9.17, 15) is 0 Å². The number of unbranched alkanes of at least 4 members (excludes halogenated alkanes) is 1. The molecule has 1 saturated heterocycles. The number of pyridine rings is 1. The summed E-state index contributed by atoms with van der Waals surface area (Å²) < 4.78 is 39.7. The smallest absolute Gasteiger partial charge is 0.161 e. The fourth-order valence-corrected chi connectivity index (χ4v) is 5.59. The molecule has 0 radical (unpaired) electrons. The van der Waals surface area contributed by atoms with Gasteiger partial charge in [0.1, 0.15) is 11.5 Å². The summed E-state index contributed by atoms with van der Waals surface area (Å²) in [7, 11) is 0. The molecule has 11 heteroatoms. The second kappa shape index (κ2) is 25.4. The molecular formula is C41H58Cl2N2O7. The van der Waals surface area contributed by atoms with Crippen LogP contribution in [0, 0.1) is 0 Å². The second-order valence-corrected chi connectivity index (χ2v) is 11.8. The van der Waals surface area contributed by atoms with Gasteiger partial charge in [0.05, 0.1) is 58.5 Å². The molecule has 0 saturated carbocycles. The van der Waals surface area contributed by atoms with Crippen LogP contribution in [-0.2, 0) is 11.2 Å². The van der Waals surface area contributed by atoms with Gasteiger partial charge in [-0.25, -0.2) is 0 Å². The Morgan fingerprint density at radius 1 is 0.615 bits per heavy atom. The minimum absolute atomic E-state index is 0. The predicted molar refractivity (Wildman–Crippen MR) is 214 cm³/mol. The van der Waals surface area contributed by atoms with E-state index >= 15 is 0 Å². The zero-order chi connectivity index (χ0) is 35.4. The Kier molecular flexibility index (Phi) is 21.7. The zero-order valence-corrected chi connectivity index (χ0v) is 33.2. The summed E-state index contributed by atoms with van der Waals surface area (Å²) in [6.45, 7) is 18.9. The van der Waals surface area contributed by atoms with Crippen molar-refractivity contribution in [2.75, 3.05) is 72.5 Å². The number of ether oxygens (including phenoxy) is 7. The van der Waals surface area contributed by atoms with Crippen LogP contribution in [0.4, 0.5) is 0 Å². The van der Waals surface area contributed by atoms with E-state index in [1.165, 1.54) is 0 Å². The average Bonchev–Trinajstić information content (AvgIpc) is 3.13. The number of morpholine rings is 1. The number of hydrogen-bond donors (Lipinski definition) is 0. The highest BCUT2D eigenvalue weighted by Crippen LogP contribution is 2.35. The maximum atomic E-state index is 5.81. The van der Waals surface area contributed by atoms with E-state index in [1.807, 2.05) is 88.5 Å². The van der Waals surface area contributed by atoms with Gasteiger partial charge in [0.25, 0.3) is 0 Å². The van der Waals surface area contributed by atoms with Crippen LogP contribution < -0.4 is 28.4 Å². The maximum absolute atomic E-state index is 5.81. The number of halogens is 2. The van der Waals surface area contributed by atoms with Crippen LogP contribution in [0.2, 0.25) is 0 Å². The van der Waals surface area contributed by atoms with Gasteiger partial charge in [0.15, 0.2) is 23.0 Å². The van der Waals surface area contributed by atoms with Gasteiger partial charge in [-0.05, 0) is 106 Å². The van der Waals surface area contributed by atoms with Crippen LogP contribution in [0.3, 0.4) is 0 Å². The van der Waals surface area contributed by atoms with Gasteiger partial charge in [-0.2, -0.15) is 0 Å². The molecule has 1 aromatic heterocycles. The van der Waals surface area contributed by atoms with Gasteiger partial charge in [0, 0.05) is 37.6 Å². The van der Waals surface area contributed by atoms with Crippen molar-refractivity contribution in [1.29, 1.82) is 0 Å². The highest BCUT2D eigenvalue weighted by atomic mass is 35.5. The lowest BCUT2D eigenvalue weighted by Gasteiger charge is -2.26. The van der Waals surface area contributed by atoms with E-state index in [1.54, 1.807) is 0 Å². The molecule has 1 fully saturated rings. The molecule has 0 spiro atoms. The van der Waals surface area contributed by atoms with Gasteiger partial charge in [-0.3, -0.25) is 9.88 Å². The minimum Gasteiger partial charge on any atom is -0.494 e. The number of nitrogens with zero attached hydrogens (tertiary/aromatic N) is 2. The second-order valence-electron chi connectivity index (χ2n) is 11.8. The molecule has 0 unspecified atom stereocenters. The van der Waals surface area contributed by atoms with E-state index < -0.39 is 0 Å². The summed E-state index contributed by atoms with van der Waals surface area (Å²) in [6, 6.07) is 20.0. The number of fused-ring (bicyclic) bond motifs is 1. The molecule has 9 nitrogen and oxygen atoms in total. The molecule has 2 heterocycles. The molecule has 1 aliphatic rings. The third-order valence-corrected chi connectivity index (χ3v) is 8.07. The molecule has 5 rings (SSSR count). The zero-order valence-electron chi connectivity index (χ0n) is 31.5. The maximum Gasteiger partial charge on any atom is 0.161 e. The molecule has 0 aliphatic carbocycles. The number of benzene rings is 3. The number of rotatable bonds is 19. The molecule has 0 atom stereocenters. The largest absolute Gasteiger partial charge is 0.494 e. The van der Waals surface area contributed by atoms with Gasteiger partial charge in [-0.1, -0.05) is 19.4 Å². The molecule has 0 amide bonds. The molecule has 288 valence electrons. The van der Waals surface area contributed by atoms with Crippen molar-refractivity contribution in [3.63, 3.8) is 0 Å². The third-order valence-electron chi connectivity index (χ3n) is 8.07. The minimum atomic E-state index is 0. The standard InChI is InChI=1S/C24H29NO4.C17H27NO3.2ClH/c1-5-26-21-10-9-17(14-22(21)27-6-2)13-20-19-16-24(29-8-4)23(28-7-3)15-18(19)11-12-25-20;1-2-3-12-20-16-5-7-17(8-6-16)21-13-4-9-18-10-14-19-15-11-18;;/h9-12,14-16H,5-8,13H2,1-4H3;5-8H,2-4,9-15H2,1H3;2*1H. The van der Waals surface area contributed by atoms with E-state index in [0.29, 0.717) is 32.8 Å². The molecule has 0 N–H and O–H groups in total. The van der Waals surface area contributed by atoms with Crippen molar-refractivity contribution in [2.45, 2.75) is 60.3 Å². The average molecular weight is 762 g/mol. The van der Waals surface area contributed by atoms with Crippen molar-refractivity contribution in [3.05, 3.63) is 78.1 Å². The lowest BCUT2D eigenvalue weighted by Crippen LogP contribution is -2.37. The monoisotopic (exact) mass is 760 g/mol. The van der Waals surface area contributed by atoms with E-state index in [0.717, 1.165) is 122 Å². The Hall–Kier alpha value is -3.63. The highest BCUT2D eigenvalue weighted by Gasteiger charge is 2.13. The summed E-state index contributed by atoms with van der Waals surface area (Å²) in [5.41, 5.74) is 2.10. The molecular weight excluding hydrogens is 703 g/mol. The molecule has 4 aromatic rings. The van der Waals surface area contributed by atoms with Crippen molar-refractivity contribution >= 4 is 35.6 Å². The van der Waals surface area contributed by atoms with Crippen molar-refractivity contribution < 1.29 is 33.2 Å². The first-order valence-corrected chi connectivity index (χ1v) is 18.3. The van der Waals surface area contributed by atoms with Gasteiger partial charge < -0.3 is 33.2 Å². The summed E-state index contributed by atoms with van der Waals surface area (Å²) in [5, 5.41) is 2.14. The van der Waals surface area contributed by atoms with Crippen molar-refractivity contribution in [3.8, 4) is 34.5 Å². The Balaban J connectivity index is 0.000000363. The lowest BCUT2D eigenvalue weighted by atomic mass is 10.0. The lowest BCUT2D eigenvalue weighted by molar-refractivity contribution is 0.0358. The first-order valence-electron chi connectivity index (χ1n) is 18.3. The summed E-state index contributed by atoms with van der Waals surface area (Å²) in [4.78, 5) is 7.07. The fraction of sp³-hybridized carbons (Fsp3) is 0.488. The van der Waals surface area contributed by atoms with E-state index in [2.05, 4.69) is 22.9 Å².